The van der Waals surface area contributed by atoms with Crippen LogP contribution < -0.4 is 10.0 Å². The molecule has 0 radical (unpaired) electrons. The number of amides is 1. The van der Waals surface area contributed by atoms with Gasteiger partial charge in [-0.25, -0.2) is 21.9 Å². The summed E-state index contributed by atoms with van der Waals surface area (Å²) in [5.41, 5.74) is 1.97. The third kappa shape index (κ3) is 8.06. The molecule has 1 heterocycles. The highest BCUT2D eigenvalue weighted by Crippen LogP contribution is 2.29. The highest BCUT2D eigenvalue weighted by molar-refractivity contribution is 7.89. The van der Waals surface area contributed by atoms with Crippen molar-refractivity contribution in [3.63, 3.8) is 0 Å². The zero-order valence-electron chi connectivity index (χ0n) is 20.9. The Labute approximate surface area is 228 Å². The molecule has 1 amide bonds. The first kappa shape index (κ1) is 29.7. The van der Waals surface area contributed by atoms with E-state index in [1.807, 2.05) is 12.1 Å². The fourth-order valence-electron chi connectivity index (χ4n) is 4.81. The van der Waals surface area contributed by atoms with Crippen molar-refractivity contribution in [1.82, 2.24) is 15.0 Å². The van der Waals surface area contributed by atoms with Crippen molar-refractivity contribution in [3.05, 3.63) is 95.8 Å². The molecule has 204 valence electrons. The lowest BCUT2D eigenvalue weighted by molar-refractivity contribution is -0.126. The molecule has 3 aromatic rings. The summed E-state index contributed by atoms with van der Waals surface area (Å²) in [5.74, 6) is -1.20. The monoisotopic (exact) mass is 563 g/mol. The number of halogens is 3. The molecule has 10 heteroatoms. The Morgan fingerprint density at radius 3 is 2.34 bits per heavy atom. The topological polar surface area (TPSA) is 88.2 Å². The third-order valence-electron chi connectivity index (χ3n) is 6.97. The van der Waals surface area contributed by atoms with E-state index in [9.17, 15) is 22.0 Å². The number of benzene rings is 2. The van der Waals surface area contributed by atoms with Crippen LogP contribution in [-0.2, 0) is 21.2 Å². The molecule has 0 bridgehead atoms. The van der Waals surface area contributed by atoms with Gasteiger partial charge in [-0.3, -0.25) is 9.78 Å². The van der Waals surface area contributed by atoms with Gasteiger partial charge in [-0.2, -0.15) is 0 Å². The number of aromatic nitrogens is 1. The predicted molar refractivity (Wildman–Crippen MR) is 144 cm³/mol. The van der Waals surface area contributed by atoms with Crippen molar-refractivity contribution >= 4 is 28.3 Å². The molecule has 1 aliphatic carbocycles. The largest absolute Gasteiger partial charge is 0.355 e. The number of rotatable bonds is 10. The van der Waals surface area contributed by atoms with E-state index in [0.29, 0.717) is 38.6 Å². The fraction of sp³-hybridized carbons (Fsp3) is 0.357. The summed E-state index contributed by atoms with van der Waals surface area (Å²) in [7, 11) is -3.93. The van der Waals surface area contributed by atoms with Crippen molar-refractivity contribution in [2.45, 2.75) is 42.9 Å². The molecule has 1 aliphatic rings. The van der Waals surface area contributed by atoms with Crippen LogP contribution in [0.2, 0.25) is 0 Å². The number of pyridine rings is 1. The summed E-state index contributed by atoms with van der Waals surface area (Å²) in [6.07, 6.45) is 6.88. The van der Waals surface area contributed by atoms with Gasteiger partial charge in [0.1, 0.15) is 16.5 Å². The minimum absolute atomic E-state index is 0. The average molecular weight is 564 g/mol. The smallest absolute Gasteiger partial charge is 0.243 e. The van der Waals surface area contributed by atoms with Crippen molar-refractivity contribution in [2.75, 3.05) is 13.1 Å². The van der Waals surface area contributed by atoms with Crippen LogP contribution in [0.3, 0.4) is 0 Å². The highest BCUT2D eigenvalue weighted by Gasteiger charge is 2.28. The summed E-state index contributed by atoms with van der Waals surface area (Å²) in [5, 5.41) is 3.08. The second-order valence-corrected chi connectivity index (χ2v) is 11.3. The maximum atomic E-state index is 13.9. The molecule has 6 nitrogen and oxygen atoms in total. The predicted octanol–water partition coefficient (Wildman–Crippen LogP) is 5.01. The Morgan fingerprint density at radius 2 is 1.68 bits per heavy atom. The van der Waals surface area contributed by atoms with E-state index in [4.69, 9.17) is 0 Å². The van der Waals surface area contributed by atoms with Gasteiger partial charge in [-0.1, -0.05) is 30.3 Å². The van der Waals surface area contributed by atoms with Gasteiger partial charge in [0, 0.05) is 37.3 Å². The van der Waals surface area contributed by atoms with Crippen molar-refractivity contribution in [2.24, 2.45) is 11.8 Å². The molecule has 0 saturated heterocycles. The van der Waals surface area contributed by atoms with Crippen molar-refractivity contribution < 1.29 is 22.0 Å². The standard InChI is InChI=1S/C28H31F2N3O3S.ClH/c29-25-13-11-22(12-14-25)24(16-21-4-3-15-31-17-21)19-32-28(34)23-9-7-20(8-10-23)18-33-37(35,36)27-6-2-1-5-26(27)30;/h1-6,11-15,17,20,23-24,33H,7-10,16,18-19H2,(H,32,34);1H/t20-,23-,24?;. The van der Waals surface area contributed by atoms with Gasteiger partial charge in [-0.05, 0) is 79.5 Å². The molecule has 4 rings (SSSR count). The summed E-state index contributed by atoms with van der Waals surface area (Å²) in [4.78, 5) is 16.8. The lowest BCUT2D eigenvalue weighted by Crippen LogP contribution is -2.38. The second-order valence-electron chi connectivity index (χ2n) is 9.56. The number of nitrogens with zero attached hydrogens (tertiary/aromatic N) is 1. The van der Waals surface area contributed by atoms with E-state index < -0.39 is 15.8 Å². The van der Waals surface area contributed by atoms with E-state index in [2.05, 4.69) is 15.0 Å². The van der Waals surface area contributed by atoms with E-state index >= 15 is 0 Å². The number of carbonyl (C=O) groups excluding carboxylic acids is 1. The van der Waals surface area contributed by atoms with Crippen molar-refractivity contribution in [3.8, 4) is 0 Å². The first-order valence-corrected chi connectivity index (χ1v) is 14.0. The van der Waals surface area contributed by atoms with Crippen LogP contribution in [-0.4, -0.2) is 32.4 Å². The van der Waals surface area contributed by atoms with E-state index in [0.717, 1.165) is 17.2 Å². The van der Waals surface area contributed by atoms with E-state index in [1.165, 1.54) is 30.3 Å². The van der Waals surface area contributed by atoms with Crippen molar-refractivity contribution in [1.29, 1.82) is 0 Å². The number of sulfonamides is 1. The number of hydrogen-bond donors (Lipinski definition) is 2. The Bertz CT molecular complexity index is 1290. The second kappa shape index (κ2) is 13.8. The Balaban J connectivity index is 0.00000400. The van der Waals surface area contributed by atoms with Gasteiger partial charge >= 0.3 is 0 Å². The molecule has 1 saturated carbocycles. The molecule has 2 aromatic carbocycles. The third-order valence-corrected chi connectivity index (χ3v) is 8.43. The van der Waals surface area contributed by atoms with Crippen LogP contribution in [0.1, 0.15) is 42.7 Å². The lowest BCUT2D eigenvalue weighted by Gasteiger charge is -2.28. The van der Waals surface area contributed by atoms with Crippen LogP contribution in [0.25, 0.3) is 0 Å². The quantitative estimate of drug-likeness (QED) is 0.363. The maximum absolute atomic E-state index is 13.9. The van der Waals surface area contributed by atoms with Gasteiger partial charge in [0.05, 0.1) is 0 Å². The SMILES string of the molecule is Cl.O=C(NCC(Cc1cccnc1)c1ccc(F)cc1)[C@H]1CC[C@H](CNS(=O)(=O)c2ccccc2F)CC1. The average Bonchev–Trinajstić information content (AvgIpc) is 2.91. The minimum atomic E-state index is -3.93. The van der Waals surface area contributed by atoms with Gasteiger partial charge < -0.3 is 5.32 Å². The summed E-state index contributed by atoms with van der Waals surface area (Å²) >= 11 is 0. The summed E-state index contributed by atoms with van der Waals surface area (Å²) < 4.78 is 54.7. The zero-order valence-corrected chi connectivity index (χ0v) is 22.5. The summed E-state index contributed by atoms with van der Waals surface area (Å²) in [6.45, 7) is 0.629. The van der Waals surface area contributed by atoms with Gasteiger partial charge in [0.15, 0.2) is 0 Å². The lowest BCUT2D eigenvalue weighted by atomic mass is 9.81. The molecule has 1 atom stereocenters. The van der Waals surface area contributed by atoms with Crippen LogP contribution in [0.5, 0.6) is 0 Å². The van der Waals surface area contributed by atoms with Gasteiger partial charge in [-0.15, -0.1) is 12.4 Å². The van der Waals surface area contributed by atoms with Crippen LogP contribution >= 0.6 is 12.4 Å². The normalized spacial score (nSPS) is 18.3. The van der Waals surface area contributed by atoms with Crippen LogP contribution in [0.15, 0.2) is 78.0 Å². The molecular formula is C28H32ClF2N3O3S. The van der Waals surface area contributed by atoms with Gasteiger partial charge in [0.25, 0.3) is 0 Å². The number of hydrogen-bond acceptors (Lipinski definition) is 4. The minimum Gasteiger partial charge on any atom is -0.355 e. The Hall–Kier alpha value is -2.88. The van der Waals surface area contributed by atoms with E-state index in [1.54, 1.807) is 24.5 Å². The molecule has 2 N–H and O–H groups in total. The summed E-state index contributed by atoms with van der Waals surface area (Å²) in [6, 6.07) is 15.5. The zero-order chi connectivity index (χ0) is 26.3. The first-order valence-electron chi connectivity index (χ1n) is 12.5. The maximum Gasteiger partial charge on any atom is 0.243 e. The number of carbonyl (C=O) groups is 1. The first-order chi connectivity index (χ1) is 17.8. The molecular weight excluding hydrogens is 532 g/mol. The molecule has 0 aliphatic heterocycles. The molecule has 1 fully saturated rings. The molecule has 1 aromatic heterocycles. The molecule has 0 spiro atoms. The number of nitrogens with one attached hydrogen (secondary N) is 2. The van der Waals surface area contributed by atoms with E-state index in [-0.39, 0.29) is 53.3 Å². The Kier molecular flexibility index (Phi) is 10.8. The van der Waals surface area contributed by atoms with Gasteiger partial charge in [0.2, 0.25) is 15.9 Å². The molecule has 38 heavy (non-hydrogen) atoms. The van der Waals surface area contributed by atoms with Crippen LogP contribution in [0.4, 0.5) is 8.78 Å². The molecule has 1 unspecified atom stereocenters. The fourth-order valence-corrected chi connectivity index (χ4v) is 6.00. The Morgan fingerprint density at radius 1 is 0.974 bits per heavy atom. The highest BCUT2D eigenvalue weighted by atomic mass is 35.5. The van der Waals surface area contributed by atoms with Crippen LogP contribution in [0, 0.1) is 23.5 Å².